The molecule has 1 aromatic carbocycles. The van der Waals surface area contributed by atoms with E-state index in [2.05, 4.69) is 31.2 Å². The molecular formula is C13H10BrN3O2. The monoisotopic (exact) mass is 319 g/mol. The summed E-state index contributed by atoms with van der Waals surface area (Å²) in [4.78, 5) is 19.4. The first-order valence-corrected chi connectivity index (χ1v) is 6.87. The summed E-state index contributed by atoms with van der Waals surface area (Å²) in [6.45, 7) is 0.962. The average Bonchev–Trinajstić information content (AvgIpc) is 2.66. The van der Waals surface area contributed by atoms with Crippen LogP contribution in [0.15, 0.2) is 31.9 Å². The number of hydrogen-bond acceptors (Lipinski definition) is 4. The van der Waals surface area contributed by atoms with E-state index in [0.717, 1.165) is 22.8 Å². The van der Waals surface area contributed by atoms with Crippen molar-refractivity contribution < 1.29 is 4.42 Å². The molecule has 2 aromatic heterocycles. The van der Waals surface area contributed by atoms with Gasteiger partial charge in [-0.25, -0.2) is 4.98 Å². The summed E-state index contributed by atoms with van der Waals surface area (Å²) in [5, 5.41) is 4.09. The maximum Gasteiger partial charge on any atom is 0.294 e. The minimum Gasteiger partial charge on any atom is -0.449 e. The predicted octanol–water partition coefficient (Wildman–Crippen LogP) is 2.47. The van der Waals surface area contributed by atoms with Gasteiger partial charge in [-0.1, -0.05) is 15.9 Å². The van der Waals surface area contributed by atoms with Gasteiger partial charge in [-0.15, -0.1) is 0 Å². The van der Waals surface area contributed by atoms with Gasteiger partial charge >= 0.3 is 0 Å². The van der Waals surface area contributed by atoms with Gasteiger partial charge in [-0.05, 0) is 31.2 Å². The summed E-state index contributed by atoms with van der Waals surface area (Å²) in [5.41, 5.74) is 1.37. The Morgan fingerprint density at radius 3 is 3.00 bits per heavy atom. The molecule has 0 unspecified atom stereocenters. The molecular weight excluding hydrogens is 310 g/mol. The maximum atomic E-state index is 12.1. The second-order valence-corrected chi connectivity index (χ2v) is 5.58. The predicted molar refractivity (Wildman–Crippen MR) is 75.2 cm³/mol. The molecule has 1 aliphatic heterocycles. The Morgan fingerprint density at radius 1 is 1.42 bits per heavy atom. The SMILES string of the molecule is O=c1[nH]c([C@@H]2CCN2)nc2c1oc1ccc(Br)cc12. The van der Waals surface area contributed by atoms with E-state index >= 15 is 0 Å². The van der Waals surface area contributed by atoms with Gasteiger partial charge in [-0.2, -0.15) is 0 Å². The van der Waals surface area contributed by atoms with Crippen molar-refractivity contribution in [1.29, 1.82) is 0 Å². The van der Waals surface area contributed by atoms with E-state index in [1.165, 1.54) is 0 Å². The summed E-state index contributed by atoms with van der Waals surface area (Å²) in [7, 11) is 0. The largest absolute Gasteiger partial charge is 0.449 e. The number of rotatable bonds is 1. The minimum atomic E-state index is -0.221. The number of nitrogens with zero attached hydrogens (tertiary/aromatic N) is 1. The third-order valence-electron chi connectivity index (χ3n) is 3.46. The molecule has 3 heterocycles. The highest BCUT2D eigenvalue weighted by atomic mass is 79.9. The summed E-state index contributed by atoms with van der Waals surface area (Å²) in [5.74, 6) is 0.687. The Balaban J connectivity index is 2.08. The van der Waals surface area contributed by atoms with Crippen LogP contribution in [0.3, 0.4) is 0 Å². The molecule has 0 amide bonds. The van der Waals surface area contributed by atoms with E-state index in [0.29, 0.717) is 16.9 Å². The van der Waals surface area contributed by atoms with Gasteiger partial charge < -0.3 is 14.7 Å². The lowest BCUT2D eigenvalue weighted by Crippen LogP contribution is -2.37. The van der Waals surface area contributed by atoms with Crippen molar-refractivity contribution in [3.63, 3.8) is 0 Å². The zero-order valence-corrected chi connectivity index (χ0v) is 11.5. The summed E-state index contributed by atoms with van der Waals surface area (Å²) in [6, 6.07) is 5.79. The number of halogens is 1. The maximum absolute atomic E-state index is 12.1. The molecule has 5 nitrogen and oxygen atoms in total. The van der Waals surface area contributed by atoms with Crippen molar-refractivity contribution in [2.75, 3.05) is 6.54 Å². The van der Waals surface area contributed by atoms with Crippen LogP contribution >= 0.6 is 15.9 Å². The van der Waals surface area contributed by atoms with E-state index in [-0.39, 0.29) is 17.2 Å². The Morgan fingerprint density at radius 2 is 2.26 bits per heavy atom. The lowest BCUT2D eigenvalue weighted by Gasteiger charge is -2.26. The van der Waals surface area contributed by atoms with Crippen LogP contribution in [-0.4, -0.2) is 16.5 Å². The Bertz CT molecular complexity index is 848. The Hall–Kier alpha value is -1.66. The van der Waals surface area contributed by atoms with Gasteiger partial charge in [0, 0.05) is 9.86 Å². The Kier molecular flexibility index (Phi) is 2.31. The number of aromatic amines is 1. The first-order chi connectivity index (χ1) is 9.22. The van der Waals surface area contributed by atoms with Gasteiger partial charge in [0.15, 0.2) is 0 Å². The summed E-state index contributed by atoms with van der Waals surface area (Å²) in [6.07, 6.45) is 0.994. The topological polar surface area (TPSA) is 70.9 Å². The van der Waals surface area contributed by atoms with Gasteiger partial charge in [-0.3, -0.25) is 4.79 Å². The highest BCUT2D eigenvalue weighted by Crippen LogP contribution is 2.29. The zero-order chi connectivity index (χ0) is 13.0. The lowest BCUT2D eigenvalue weighted by molar-refractivity contribution is 0.366. The molecule has 0 bridgehead atoms. The molecule has 96 valence electrons. The van der Waals surface area contributed by atoms with Gasteiger partial charge in [0.2, 0.25) is 5.58 Å². The minimum absolute atomic E-state index is 0.147. The molecule has 6 heteroatoms. The second kappa shape index (κ2) is 3.91. The second-order valence-electron chi connectivity index (χ2n) is 4.67. The number of H-pyrrole nitrogens is 1. The van der Waals surface area contributed by atoms with E-state index in [1.807, 2.05) is 18.2 Å². The number of furan rings is 1. The smallest absolute Gasteiger partial charge is 0.294 e. The number of benzene rings is 1. The van der Waals surface area contributed by atoms with Crippen molar-refractivity contribution in [2.24, 2.45) is 0 Å². The first kappa shape index (κ1) is 11.2. The molecule has 1 atom stereocenters. The molecule has 19 heavy (non-hydrogen) atoms. The van der Waals surface area contributed by atoms with Crippen LogP contribution in [0.25, 0.3) is 22.1 Å². The number of fused-ring (bicyclic) bond motifs is 3. The number of aromatic nitrogens is 2. The lowest BCUT2D eigenvalue weighted by atomic mass is 10.1. The molecule has 0 aliphatic carbocycles. The van der Waals surface area contributed by atoms with E-state index in [9.17, 15) is 4.79 Å². The molecule has 0 spiro atoms. The van der Waals surface area contributed by atoms with Crippen LogP contribution in [0, 0.1) is 0 Å². The van der Waals surface area contributed by atoms with Crippen molar-refractivity contribution in [1.82, 2.24) is 15.3 Å². The van der Waals surface area contributed by atoms with Crippen LogP contribution in [0.2, 0.25) is 0 Å². The zero-order valence-electron chi connectivity index (χ0n) is 9.87. The molecule has 2 N–H and O–H groups in total. The van der Waals surface area contributed by atoms with Gasteiger partial charge in [0.25, 0.3) is 5.56 Å². The van der Waals surface area contributed by atoms with Gasteiger partial charge in [0.1, 0.15) is 16.9 Å². The van der Waals surface area contributed by atoms with Crippen molar-refractivity contribution in [3.05, 3.63) is 38.9 Å². The molecule has 1 aliphatic rings. The van der Waals surface area contributed by atoms with E-state index in [4.69, 9.17) is 4.42 Å². The van der Waals surface area contributed by atoms with E-state index in [1.54, 1.807) is 0 Å². The highest BCUT2D eigenvalue weighted by Gasteiger charge is 2.23. The molecule has 3 aromatic rings. The van der Waals surface area contributed by atoms with Crippen molar-refractivity contribution in [3.8, 4) is 0 Å². The quantitative estimate of drug-likeness (QED) is 0.722. The third kappa shape index (κ3) is 1.63. The molecule has 0 radical (unpaired) electrons. The first-order valence-electron chi connectivity index (χ1n) is 6.08. The fourth-order valence-electron chi connectivity index (χ4n) is 2.33. The Labute approximate surface area is 116 Å². The molecule has 1 saturated heterocycles. The van der Waals surface area contributed by atoms with Crippen LogP contribution < -0.4 is 10.9 Å². The molecule has 0 saturated carbocycles. The average molecular weight is 320 g/mol. The van der Waals surface area contributed by atoms with Crippen molar-refractivity contribution >= 4 is 38.0 Å². The van der Waals surface area contributed by atoms with Crippen LogP contribution in [0.4, 0.5) is 0 Å². The molecule has 1 fully saturated rings. The fourth-order valence-corrected chi connectivity index (χ4v) is 2.69. The summed E-state index contributed by atoms with van der Waals surface area (Å²) >= 11 is 3.43. The summed E-state index contributed by atoms with van der Waals surface area (Å²) < 4.78 is 6.52. The van der Waals surface area contributed by atoms with Gasteiger partial charge in [0.05, 0.1) is 6.04 Å². The van der Waals surface area contributed by atoms with Crippen molar-refractivity contribution in [2.45, 2.75) is 12.5 Å². The number of hydrogen-bond donors (Lipinski definition) is 2. The highest BCUT2D eigenvalue weighted by molar-refractivity contribution is 9.10. The third-order valence-corrected chi connectivity index (χ3v) is 3.95. The van der Waals surface area contributed by atoms with Crippen LogP contribution in [-0.2, 0) is 0 Å². The fraction of sp³-hybridized carbons (Fsp3) is 0.231. The van der Waals surface area contributed by atoms with Crippen LogP contribution in [0.5, 0.6) is 0 Å². The van der Waals surface area contributed by atoms with E-state index < -0.39 is 0 Å². The van der Waals surface area contributed by atoms with Crippen LogP contribution in [0.1, 0.15) is 18.3 Å². The molecule has 4 rings (SSSR count). The number of nitrogens with one attached hydrogen (secondary N) is 2. The normalized spacial score (nSPS) is 18.9. The standard InChI is InChI=1S/C13H10BrN3O2/c14-6-1-2-9-7(5-6)10-11(19-9)13(18)17-12(16-10)8-3-4-15-8/h1-2,5,8,15H,3-4H2,(H,16,17,18)/t8-/m0/s1.